The number of thiocyanates is 1. The van der Waals surface area contributed by atoms with Crippen molar-refractivity contribution < 1.29 is 22.0 Å². The molecule has 13 heavy (non-hydrogen) atoms. The van der Waals surface area contributed by atoms with E-state index in [-0.39, 0.29) is 12.2 Å². The third kappa shape index (κ3) is 4.31. The van der Waals surface area contributed by atoms with Gasteiger partial charge in [-0.15, -0.1) is 0 Å². The molecule has 76 valence electrons. The second-order valence-corrected chi connectivity index (χ2v) is 3.13. The number of nitriles is 1. The van der Waals surface area contributed by atoms with Gasteiger partial charge in [0.15, 0.2) is 0 Å². The first-order valence-corrected chi connectivity index (χ1v) is 4.25. The van der Waals surface area contributed by atoms with Gasteiger partial charge < -0.3 is 0 Å². The fraction of sp³-hybridized carbons (Fsp3) is 0.833. The number of halogens is 5. The van der Waals surface area contributed by atoms with E-state index in [1.165, 1.54) is 0 Å². The number of thioether (sulfide) groups is 1. The number of hydrogen-bond donors (Lipinski definition) is 0. The molecule has 0 rings (SSSR count). The van der Waals surface area contributed by atoms with Crippen LogP contribution in [-0.4, -0.2) is 17.9 Å². The third-order valence-corrected chi connectivity index (χ3v) is 1.84. The molecule has 0 aliphatic rings. The van der Waals surface area contributed by atoms with Crippen molar-refractivity contribution in [3.05, 3.63) is 0 Å². The molecule has 0 saturated heterocycles. The first kappa shape index (κ1) is 12.5. The highest BCUT2D eigenvalue weighted by atomic mass is 32.2. The van der Waals surface area contributed by atoms with Crippen molar-refractivity contribution in [2.45, 2.75) is 24.9 Å². The quantitative estimate of drug-likeness (QED) is 0.412. The molecule has 0 heterocycles. The third-order valence-electron chi connectivity index (χ3n) is 1.22. The highest BCUT2D eigenvalue weighted by Gasteiger charge is 2.56. The Kier molecular flexibility index (Phi) is 4.47. The standard InChI is InChI=1S/C6H6F5NS/c7-5(8,6(9,10)11)2-1-3-13-4-12/h1-3H2. The molecule has 1 nitrogen and oxygen atoms in total. The van der Waals surface area contributed by atoms with E-state index in [4.69, 9.17) is 5.26 Å². The number of alkyl halides is 5. The van der Waals surface area contributed by atoms with Gasteiger partial charge in [0.1, 0.15) is 5.40 Å². The number of nitrogens with zero attached hydrogens (tertiary/aromatic N) is 1. The molecule has 0 N–H and O–H groups in total. The van der Waals surface area contributed by atoms with Crippen molar-refractivity contribution in [1.29, 1.82) is 5.26 Å². The Hall–Kier alpha value is -0.510. The predicted octanol–water partition coefficient (Wildman–Crippen LogP) is 3.18. The van der Waals surface area contributed by atoms with Crippen molar-refractivity contribution in [3.63, 3.8) is 0 Å². The Bertz CT molecular complexity index is 194. The number of rotatable bonds is 4. The molecular formula is C6H6F5NS. The molecule has 0 fully saturated rings. The molecular weight excluding hydrogens is 213 g/mol. The van der Waals surface area contributed by atoms with Crippen LogP contribution in [0.5, 0.6) is 0 Å². The first-order valence-electron chi connectivity index (χ1n) is 3.26. The second-order valence-electron chi connectivity index (χ2n) is 2.25. The van der Waals surface area contributed by atoms with Gasteiger partial charge in [-0.25, -0.2) is 0 Å². The fourth-order valence-electron chi connectivity index (χ4n) is 0.554. The van der Waals surface area contributed by atoms with E-state index < -0.39 is 18.5 Å². The molecule has 0 aromatic heterocycles. The van der Waals surface area contributed by atoms with Gasteiger partial charge >= 0.3 is 12.1 Å². The van der Waals surface area contributed by atoms with E-state index in [2.05, 4.69) is 0 Å². The molecule has 0 aliphatic carbocycles. The molecule has 7 heteroatoms. The lowest BCUT2D eigenvalue weighted by molar-refractivity contribution is -0.284. The summed E-state index contributed by atoms with van der Waals surface area (Å²) in [7, 11) is 0. The zero-order valence-corrected chi connectivity index (χ0v) is 7.18. The minimum atomic E-state index is -5.48. The summed E-state index contributed by atoms with van der Waals surface area (Å²) in [4.78, 5) is 0. The van der Waals surface area contributed by atoms with Crippen LogP contribution in [0.3, 0.4) is 0 Å². The SMILES string of the molecule is N#CSCCCC(F)(F)C(F)(F)F. The van der Waals surface area contributed by atoms with Crippen LogP contribution in [0.4, 0.5) is 22.0 Å². The van der Waals surface area contributed by atoms with Crippen molar-refractivity contribution in [3.8, 4) is 5.40 Å². The van der Waals surface area contributed by atoms with Crippen LogP contribution in [0.15, 0.2) is 0 Å². The highest BCUT2D eigenvalue weighted by Crippen LogP contribution is 2.38. The molecule has 0 aliphatic heterocycles. The minimum Gasteiger partial charge on any atom is -0.196 e. The summed E-state index contributed by atoms with van der Waals surface area (Å²) in [6.45, 7) is 0. The molecule has 0 atom stereocenters. The molecule has 0 amide bonds. The monoisotopic (exact) mass is 219 g/mol. The average molecular weight is 219 g/mol. The van der Waals surface area contributed by atoms with Gasteiger partial charge in [0.25, 0.3) is 0 Å². The molecule has 0 radical (unpaired) electrons. The molecule has 0 bridgehead atoms. The minimum absolute atomic E-state index is 0.0117. The van der Waals surface area contributed by atoms with Crippen molar-refractivity contribution in [2.24, 2.45) is 0 Å². The van der Waals surface area contributed by atoms with Gasteiger partial charge in [-0.05, 0) is 18.2 Å². The van der Waals surface area contributed by atoms with Crippen LogP contribution in [0.1, 0.15) is 12.8 Å². The Morgan fingerprint density at radius 2 is 1.69 bits per heavy atom. The second kappa shape index (κ2) is 4.65. The average Bonchev–Trinajstić information content (AvgIpc) is 1.96. The summed E-state index contributed by atoms with van der Waals surface area (Å²) in [5.41, 5.74) is 0. The lowest BCUT2D eigenvalue weighted by Crippen LogP contribution is -2.36. The maximum Gasteiger partial charge on any atom is 0.453 e. The van der Waals surface area contributed by atoms with Crippen molar-refractivity contribution in [2.75, 3.05) is 5.75 Å². The van der Waals surface area contributed by atoms with Gasteiger partial charge in [0.05, 0.1) is 0 Å². The zero-order valence-electron chi connectivity index (χ0n) is 6.37. The van der Waals surface area contributed by atoms with E-state index in [9.17, 15) is 22.0 Å². The Balaban J connectivity index is 3.85. The molecule has 0 saturated carbocycles. The van der Waals surface area contributed by atoms with E-state index in [0.717, 1.165) is 0 Å². The zero-order chi connectivity index (χ0) is 10.5. The van der Waals surface area contributed by atoms with E-state index in [0.29, 0.717) is 11.8 Å². The van der Waals surface area contributed by atoms with Crippen LogP contribution in [0.2, 0.25) is 0 Å². The smallest absolute Gasteiger partial charge is 0.196 e. The van der Waals surface area contributed by atoms with Gasteiger partial charge in [-0.3, -0.25) is 0 Å². The van der Waals surface area contributed by atoms with Crippen LogP contribution < -0.4 is 0 Å². The Labute approximate surface area is 75.9 Å². The van der Waals surface area contributed by atoms with E-state index >= 15 is 0 Å². The maximum absolute atomic E-state index is 12.1. The van der Waals surface area contributed by atoms with Crippen LogP contribution in [0, 0.1) is 10.7 Å². The summed E-state index contributed by atoms with van der Waals surface area (Å²) in [6.07, 6.45) is -7.07. The fourth-order valence-corrected chi connectivity index (χ4v) is 0.934. The van der Waals surface area contributed by atoms with Crippen LogP contribution in [0.25, 0.3) is 0 Å². The van der Waals surface area contributed by atoms with Gasteiger partial charge in [-0.1, -0.05) is 0 Å². The van der Waals surface area contributed by atoms with Crippen LogP contribution in [-0.2, 0) is 0 Å². The lowest BCUT2D eigenvalue weighted by atomic mass is 10.2. The Morgan fingerprint density at radius 1 is 1.15 bits per heavy atom. The summed E-state index contributed by atoms with van der Waals surface area (Å²) in [5, 5.41) is 9.54. The molecule has 0 spiro atoms. The van der Waals surface area contributed by atoms with Crippen LogP contribution >= 0.6 is 11.8 Å². The lowest BCUT2D eigenvalue weighted by Gasteiger charge is -2.18. The predicted molar refractivity (Wildman–Crippen MR) is 38.3 cm³/mol. The first-order chi connectivity index (χ1) is 5.81. The van der Waals surface area contributed by atoms with Gasteiger partial charge in [0, 0.05) is 12.2 Å². The summed E-state index contributed by atoms with van der Waals surface area (Å²) in [5.74, 6) is -4.65. The summed E-state index contributed by atoms with van der Waals surface area (Å²) < 4.78 is 58.8. The summed E-state index contributed by atoms with van der Waals surface area (Å²) in [6, 6.07) is 0. The van der Waals surface area contributed by atoms with Gasteiger partial charge in [0.2, 0.25) is 0 Å². The number of hydrogen-bond acceptors (Lipinski definition) is 2. The largest absolute Gasteiger partial charge is 0.453 e. The van der Waals surface area contributed by atoms with E-state index in [1.54, 1.807) is 5.40 Å². The van der Waals surface area contributed by atoms with E-state index in [1.807, 2.05) is 0 Å². The maximum atomic E-state index is 12.1. The van der Waals surface area contributed by atoms with Crippen molar-refractivity contribution in [1.82, 2.24) is 0 Å². The normalized spacial score (nSPS) is 12.6. The molecule has 0 aromatic carbocycles. The molecule has 0 unspecified atom stereocenters. The topological polar surface area (TPSA) is 23.8 Å². The van der Waals surface area contributed by atoms with Gasteiger partial charge in [-0.2, -0.15) is 27.2 Å². The van der Waals surface area contributed by atoms with Crippen molar-refractivity contribution >= 4 is 11.8 Å². The Morgan fingerprint density at radius 3 is 2.08 bits per heavy atom. The molecule has 0 aromatic rings. The summed E-state index contributed by atoms with van der Waals surface area (Å²) >= 11 is 0.664. The highest BCUT2D eigenvalue weighted by molar-refractivity contribution is 8.03.